The zero-order valence-corrected chi connectivity index (χ0v) is 35.5. The molecular weight excluding hydrogens is 824 g/mol. The van der Waals surface area contributed by atoms with Gasteiger partial charge in [0.2, 0.25) is 0 Å². The van der Waals surface area contributed by atoms with E-state index in [1.54, 1.807) is 11.1 Å². The van der Waals surface area contributed by atoms with E-state index >= 15 is 0 Å². The Kier molecular flexibility index (Phi) is 7.62. The third kappa shape index (κ3) is 4.42. The highest BCUT2D eigenvalue weighted by Crippen LogP contribution is 2.86. The molecule has 8 fully saturated rings. The first-order valence-corrected chi connectivity index (χ1v) is 21.7. The Morgan fingerprint density at radius 2 is 0.739 bits per heavy atom. The second-order valence-corrected chi connectivity index (χ2v) is 22.3. The summed E-state index contributed by atoms with van der Waals surface area (Å²) < 4.78 is 5.08. The summed E-state index contributed by atoms with van der Waals surface area (Å²) in [6.45, 7) is 15.1. The van der Waals surface area contributed by atoms with Gasteiger partial charge in [0, 0.05) is 17.9 Å². The molecule has 8 saturated carbocycles. The highest BCUT2D eigenvalue weighted by Gasteiger charge is 2.77. The molecule has 0 aliphatic heterocycles. The topological polar surface area (TPSA) is 0 Å². The zero-order valence-electron chi connectivity index (χ0n) is 29.1. The predicted molar refractivity (Wildman–Crippen MR) is 208 cm³/mol. The van der Waals surface area contributed by atoms with Gasteiger partial charge in [-0.2, -0.15) is 0 Å². The molecule has 2 aromatic rings. The SMILES string of the molecule is CCC12CC3(CC)CC(c4cc(Br)cc(Br)c4C)(C1)CC(C14CC5(CC)CC(CC)(CC(c6cc(Br)cc(Br)c6C)(C5)C1)C4)(C2)C3. The molecule has 2 aromatic carbocycles. The molecule has 0 N–H and O–H groups in total. The zero-order chi connectivity index (χ0) is 32.8. The molecule has 4 atom stereocenters. The van der Waals surface area contributed by atoms with Gasteiger partial charge in [0.15, 0.2) is 0 Å². The Labute approximate surface area is 313 Å². The second-order valence-electron chi connectivity index (χ2n) is 18.8. The van der Waals surface area contributed by atoms with Gasteiger partial charge in [-0.05, 0) is 181 Å². The fourth-order valence-corrected chi connectivity index (χ4v) is 18.2. The van der Waals surface area contributed by atoms with E-state index in [2.05, 4.69) is 130 Å². The van der Waals surface area contributed by atoms with Gasteiger partial charge in [0.25, 0.3) is 0 Å². The lowest BCUT2D eigenvalue weighted by atomic mass is 9.23. The lowest BCUT2D eigenvalue weighted by molar-refractivity contribution is -0.286. The second kappa shape index (κ2) is 10.5. The van der Waals surface area contributed by atoms with E-state index in [1.165, 1.54) is 132 Å². The fraction of sp³-hybridized carbons (Fsp3) is 0.714. The van der Waals surface area contributed by atoms with Gasteiger partial charge < -0.3 is 0 Å². The molecule has 0 radical (unpaired) electrons. The minimum atomic E-state index is 0.279. The monoisotopic (exact) mass is 874 g/mol. The van der Waals surface area contributed by atoms with E-state index in [0.29, 0.717) is 32.5 Å². The molecule has 0 amide bonds. The number of benzene rings is 2. The third-order valence-electron chi connectivity index (χ3n) is 16.4. The third-order valence-corrected chi connectivity index (χ3v) is 19.0. The minimum absolute atomic E-state index is 0.279. The summed E-state index contributed by atoms with van der Waals surface area (Å²) in [5.74, 6) is 0. The Bertz CT molecular complexity index is 1460. The maximum Gasteiger partial charge on any atom is 0.0218 e. The molecule has 8 aliphatic carbocycles. The maximum absolute atomic E-state index is 4.03. The van der Waals surface area contributed by atoms with Crippen molar-refractivity contribution >= 4 is 63.7 Å². The first-order valence-electron chi connectivity index (χ1n) is 18.5. The van der Waals surface area contributed by atoms with Crippen LogP contribution < -0.4 is 0 Å². The molecule has 8 aliphatic rings. The van der Waals surface area contributed by atoms with E-state index in [0.717, 1.165) is 0 Å². The van der Waals surface area contributed by atoms with E-state index in [1.807, 2.05) is 0 Å². The largest absolute Gasteiger partial charge is 0.0649 e. The average molecular weight is 879 g/mol. The van der Waals surface area contributed by atoms with Crippen LogP contribution in [-0.4, -0.2) is 0 Å². The molecule has 46 heavy (non-hydrogen) atoms. The molecule has 0 aromatic heterocycles. The van der Waals surface area contributed by atoms with Crippen molar-refractivity contribution in [3.8, 4) is 0 Å². The van der Waals surface area contributed by atoms with Crippen LogP contribution >= 0.6 is 63.7 Å². The van der Waals surface area contributed by atoms with Crippen molar-refractivity contribution in [2.75, 3.05) is 0 Å². The predicted octanol–water partition coefficient (Wildman–Crippen LogP) is 14.9. The molecule has 0 nitrogen and oxygen atoms in total. The number of rotatable bonds is 7. The summed E-state index contributed by atoms with van der Waals surface area (Å²) >= 11 is 16.0. The van der Waals surface area contributed by atoms with Crippen LogP contribution in [-0.2, 0) is 10.8 Å². The molecule has 10 rings (SSSR count). The van der Waals surface area contributed by atoms with E-state index in [-0.39, 0.29) is 10.8 Å². The summed E-state index contributed by atoms with van der Waals surface area (Å²) in [6, 6.07) is 9.71. The molecule has 250 valence electrons. The fourth-order valence-electron chi connectivity index (χ4n) is 15.7. The van der Waals surface area contributed by atoms with Crippen molar-refractivity contribution in [2.45, 2.75) is 155 Å². The van der Waals surface area contributed by atoms with Crippen LogP contribution in [0.3, 0.4) is 0 Å². The number of hydrogen-bond acceptors (Lipinski definition) is 0. The minimum Gasteiger partial charge on any atom is -0.0649 e. The van der Waals surface area contributed by atoms with Gasteiger partial charge in [-0.1, -0.05) is 117 Å². The van der Waals surface area contributed by atoms with Crippen molar-refractivity contribution in [2.24, 2.45) is 32.5 Å². The van der Waals surface area contributed by atoms with E-state index in [9.17, 15) is 0 Å². The summed E-state index contributed by atoms with van der Waals surface area (Å²) in [7, 11) is 0. The van der Waals surface area contributed by atoms with Gasteiger partial charge in [0.05, 0.1) is 0 Å². The Hall–Kier alpha value is 0.360. The van der Waals surface area contributed by atoms with E-state index in [4.69, 9.17) is 0 Å². The van der Waals surface area contributed by atoms with Crippen molar-refractivity contribution in [1.82, 2.24) is 0 Å². The van der Waals surface area contributed by atoms with Gasteiger partial charge in [0.1, 0.15) is 0 Å². The van der Waals surface area contributed by atoms with Gasteiger partial charge in [-0.15, -0.1) is 0 Å². The normalized spacial score (nSPS) is 45.2. The molecular formula is C42H54Br4. The van der Waals surface area contributed by atoms with Crippen LogP contribution in [0, 0.1) is 46.3 Å². The molecule has 0 saturated heterocycles. The highest BCUT2D eigenvalue weighted by atomic mass is 79.9. The lowest BCUT2D eigenvalue weighted by Gasteiger charge is -2.81. The van der Waals surface area contributed by atoms with Crippen molar-refractivity contribution in [3.63, 3.8) is 0 Å². The van der Waals surface area contributed by atoms with Gasteiger partial charge >= 0.3 is 0 Å². The van der Waals surface area contributed by atoms with Gasteiger partial charge in [-0.3, -0.25) is 0 Å². The van der Waals surface area contributed by atoms with E-state index < -0.39 is 0 Å². The van der Waals surface area contributed by atoms with Crippen molar-refractivity contribution < 1.29 is 0 Å². The van der Waals surface area contributed by atoms with Crippen molar-refractivity contribution in [1.29, 1.82) is 0 Å². The standard InChI is InChI=1S/C42H54Br4/c1-7-35-15-36(8-2)18-39(17-35,31-11-29(43)13-33(45)27(31)5)25-41(21-35,22-36)42-23-37(9-3)16-38(10-4,24-42)20-40(19-37,26-42)32-12-30(44)14-34(46)28(32)6/h11-14H,7-10,15-26H2,1-6H3. The van der Waals surface area contributed by atoms with Crippen molar-refractivity contribution in [3.05, 3.63) is 64.4 Å². The maximum atomic E-state index is 4.03. The number of halogens is 4. The quantitative estimate of drug-likeness (QED) is 0.260. The Morgan fingerprint density at radius 3 is 1.02 bits per heavy atom. The molecule has 4 heteroatoms. The Morgan fingerprint density at radius 1 is 0.435 bits per heavy atom. The first kappa shape index (κ1) is 33.5. The molecule has 4 unspecified atom stereocenters. The first-order chi connectivity index (χ1) is 21.6. The molecule has 8 bridgehead atoms. The summed E-state index contributed by atoms with van der Waals surface area (Å²) in [4.78, 5) is 0. The van der Waals surface area contributed by atoms with Gasteiger partial charge in [-0.25, -0.2) is 0 Å². The Balaban J connectivity index is 1.38. The molecule has 0 heterocycles. The number of hydrogen-bond donors (Lipinski definition) is 0. The lowest BCUT2D eigenvalue weighted by Crippen LogP contribution is -2.72. The average Bonchev–Trinajstić information content (AvgIpc) is 2.99. The molecule has 0 spiro atoms. The van der Waals surface area contributed by atoms with Crippen LogP contribution in [0.5, 0.6) is 0 Å². The van der Waals surface area contributed by atoms with Crippen LogP contribution in [0.15, 0.2) is 42.2 Å². The smallest absolute Gasteiger partial charge is 0.0218 e. The van der Waals surface area contributed by atoms with Crippen LogP contribution in [0.2, 0.25) is 0 Å². The summed E-state index contributed by atoms with van der Waals surface area (Å²) in [6.07, 6.45) is 22.8. The summed E-state index contributed by atoms with van der Waals surface area (Å²) in [5, 5.41) is 0. The summed E-state index contributed by atoms with van der Waals surface area (Å²) in [5.41, 5.74) is 9.62. The van der Waals surface area contributed by atoms with Crippen LogP contribution in [0.4, 0.5) is 0 Å². The van der Waals surface area contributed by atoms with Crippen LogP contribution in [0.25, 0.3) is 0 Å². The highest BCUT2D eigenvalue weighted by molar-refractivity contribution is 9.11. The van der Waals surface area contributed by atoms with Crippen LogP contribution in [0.1, 0.15) is 153 Å².